The van der Waals surface area contributed by atoms with E-state index in [1.165, 1.54) is 6.42 Å². The van der Waals surface area contributed by atoms with Gasteiger partial charge in [-0.05, 0) is 87.7 Å². The first kappa shape index (κ1) is 34.3. The van der Waals surface area contributed by atoms with E-state index in [-0.39, 0.29) is 53.9 Å². The van der Waals surface area contributed by atoms with Crippen LogP contribution in [-0.2, 0) is 25.4 Å². The summed E-state index contributed by atoms with van der Waals surface area (Å²) in [5.41, 5.74) is 2.69. The van der Waals surface area contributed by atoms with Crippen molar-refractivity contribution in [3.05, 3.63) is 52.8 Å². The normalized spacial score (nSPS) is 30.8. The molecule has 0 spiro atoms. The molecule has 2 N–H and O–H groups in total. The second-order valence-electron chi connectivity index (χ2n) is 16.9. The van der Waals surface area contributed by atoms with Gasteiger partial charge in [-0.1, -0.05) is 75.5 Å². The number of aromatic nitrogens is 2. The number of oxime groups is 1. The van der Waals surface area contributed by atoms with E-state index in [2.05, 4.69) is 61.6 Å². The number of carbonyl (C=O) groups is 2. The minimum atomic E-state index is -1.27. The molecule has 0 radical (unpaired) electrons. The van der Waals surface area contributed by atoms with Crippen LogP contribution in [-0.4, -0.2) is 64.2 Å². The fourth-order valence-corrected chi connectivity index (χ4v) is 9.59. The molecule has 1 aromatic carbocycles. The first-order chi connectivity index (χ1) is 23.3. The zero-order valence-electron chi connectivity index (χ0n) is 30.4. The van der Waals surface area contributed by atoms with Crippen LogP contribution in [0, 0.1) is 37.0 Å². The van der Waals surface area contributed by atoms with Gasteiger partial charge in [0.05, 0.1) is 41.6 Å². The standard InChI is InChI=1S/C38H54BN5O5/c1-23(2)15-33(39-47-32-19-27-18-31(36(27,5)6)37(32,7)48-39)41-35(46)38(20-26-12-10-11-24(3)16-26)21-28(43-49-38)22-40-34(45)30-17-25(4)42-44(30)29-13-8-9-14-29/h10-12,16-17,23,27,29,31-33H,8-9,13-15,18-22H2,1-7H3,(H,40,45)(H,41,46)/t27-,31-,32+,33-,37-,38?/m0/s1. The minimum absolute atomic E-state index is 0.0251. The summed E-state index contributed by atoms with van der Waals surface area (Å²) < 4.78 is 15.4. The largest absolute Gasteiger partial charge is 0.481 e. The lowest BCUT2D eigenvalue weighted by Crippen LogP contribution is -2.65. The first-order valence-electron chi connectivity index (χ1n) is 18.6. The van der Waals surface area contributed by atoms with Gasteiger partial charge in [0.2, 0.25) is 5.60 Å². The number of hydrogen-bond donors (Lipinski definition) is 2. The molecular weight excluding hydrogens is 617 g/mol. The first-order valence-corrected chi connectivity index (χ1v) is 18.6. The van der Waals surface area contributed by atoms with Crippen LogP contribution in [0.25, 0.3) is 0 Å². The Labute approximate surface area is 291 Å². The summed E-state index contributed by atoms with van der Waals surface area (Å²) in [6.45, 7) is 15.4. The van der Waals surface area contributed by atoms with Gasteiger partial charge in [0.25, 0.3) is 11.8 Å². The van der Waals surface area contributed by atoms with Crippen molar-refractivity contribution in [3.8, 4) is 0 Å². The number of nitrogens with one attached hydrogen (secondary N) is 2. The quantitative estimate of drug-likeness (QED) is 0.288. The van der Waals surface area contributed by atoms with Gasteiger partial charge in [0.15, 0.2) is 0 Å². The highest BCUT2D eigenvalue weighted by atomic mass is 16.7. The van der Waals surface area contributed by atoms with E-state index in [0.29, 0.717) is 42.0 Å². The topological polar surface area (TPSA) is 116 Å². The van der Waals surface area contributed by atoms with Crippen LogP contribution in [0.1, 0.15) is 119 Å². The molecule has 264 valence electrons. The molecule has 5 fully saturated rings. The lowest BCUT2D eigenvalue weighted by Gasteiger charge is -2.64. The second-order valence-corrected chi connectivity index (χ2v) is 16.9. The highest BCUT2D eigenvalue weighted by Crippen LogP contribution is 2.65. The Bertz CT molecular complexity index is 1620. The SMILES string of the molecule is Cc1cccc(CC2(C(=O)N[C@@H](CC(C)C)B3O[C@@H]4C[C@@H]5C[C@@H](C5(C)C)[C@]4(C)O3)CC(CNC(=O)c3cc(C)nn3C3CCCC3)=NO2)c1. The molecule has 10 nitrogen and oxygen atoms in total. The Morgan fingerprint density at radius 1 is 1.10 bits per heavy atom. The van der Waals surface area contributed by atoms with Gasteiger partial charge in [-0.2, -0.15) is 5.10 Å². The summed E-state index contributed by atoms with van der Waals surface area (Å²) in [7, 11) is -0.540. The maximum atomic E-state index is 14.6. The lowest BCUT2D eigenvalue weighted by molar-refractivity contribution is -0.199. The molecule has 11 heteroatoms. The Morgan fingerprint density at radius 2 is 1.88 bits per heavy atom. The molecule has 1 saturated heterocycles. The highest BCUT2D eigenvalue weighted by molar-refractivity contribution is 6.48. The molecule has 8 rings (SSSR count). The Balaban J connectivity index is 1.07. The summed E-state index contributed by atoms with van der Waals surface area (Å²) >= 11 is 0. The van der Waals surface area contributed by atoms with Crippen molar-refractivity contribution in [2.45, 2.75) is 136 Å². The number of hydrogen-bond acceptors (Lipinski definition) is 7. The predicted molar refractivity (Wildman–Crippen MR) is 189 cm³/mol. The molecule has 2 bridgehead atoms. The molecule has 4 saturated carbocycles. The molecular formula is C38H54BN5O5. The van der Waals surface area contributed by atoms with E-state index < -0.39 is 12.7 Å². The van der Waals surface area contributed by atoms with Crippen LogP contribution in [0.3, 0.4) is 0 Å². The summed E-state index contributed by atoms with van der Waals surface area (Å²) in [6, 6.07) is 10.2. The number of benzene rings is 1. The zero-order chi connectivity index (χ0) is 34.7. The van der Waals surface area contributed by atoms with Gasteiger partial charge in [-0.25, -0.2) is 0 Å². The van der Waals surface area contributed by atoms with Crippen molar-refractivity contribution in [2.75, 3.05) is 6.54 Å². The van der Waals surface area contributed by atoms with E-state index in [1.54, 1.807) is 0 Å². The molecule has 6 aliphatic rings. The van der Waals surface area contributed by atoms with Gasteiger partial charge in [-0.15, -0.1) is 0 Å². The van der Waals surface area contributed by atoms with Crippen molar-refractivity contribution in [2.24, 2.45) is 28.3 Å². The van der Waals surface area contributed by atoms with Crippen LogP contribution in [0.4, 0.5) is 0 Å². The van der Waals surface area contributed by atoms with Crippen LogP contribution in [0.15, 0.2) is 35.5 Å². The highest BCUT2D eigenvalue weighted by Gasteiger charge is 2.68. The molecule has 1 unspecified atom stereocenters. The molecule has 6 atom stereocenters. The number of nitrogens with zero attached hydrogens (tertiary/aromatic N) is 3. The van der Waals surface area contributed by atoms with Crippen LogP contribution in [0.2, 0.25) is 0 Å². The average Bonchev–Trinajstić information content (AvgIpc) is 3.84. The fraction of sp³-hybridized carbons (Fsp3) is 0.684. The second kappa shape index (κ2) is 12.9. The van der Waals surface area contributed by atoms with E-state index in [4.69, 9.17) is 14.1 Å². The van der Waals surface area contributed by atoms with E-state index in [9.17, 15) is 9.59 Å². The molecule has 4 aliphatic carbocycles. The third-order valence-electron chi connectivity index (χ3n) is 12.4. The number of rotatable bonds is 11. The van der Waals surface area contributed by atoms with Gasteiger partial charge in [0.1, 0.15) is 5.69 Å². The van der Waals surface area contributed by atoms with Crippen LogP contribution >= 0.6 is 0 Å². The van der Waals surface area contributed by atoms with Gasteiger partial charge in [-0.3, -0.25) is 14.3 Å². The van der Waals surface area contributed by atoms with Crippen molar-refractivity contribution in [3.63, 3.8) is 0 Å². The maximum Gasteiger partial charge on any atom is 0.481 e. The fourth-order valence-electron chi connectivity index (χ4n) is 9.59. The van der Waals surface area contributed by atoms with Gasteiger partial charge in [0, 0.05) is 12.8 Å². The number of aryl methyl sites for hydroxylation is 2. The minimum Gasteiger partial charge on any atom is -0.404 e. The summed E-state index contributed by atoms with van der Waals surface area (Å²) in [4.78, 5) is 34.2. The van der Waals surface area contributed by atoms with E-state index in [1.807, 2.05) is 42.8 Å². The summed E-state index contributed by atoms with van der Waals surface area (Å²) in [6.07, 6.45) is 7.86. The molecule has 2 amide bonds. The van der Waals surface area contributed by atoms with E-state index >= 15 is 0 Å². The van der Waals surface area contributed by atoms with Crippen molar-refractivity contribution in [1.29, 1.82) is 0 Å². The number of amides is 2. The summed E-state index contributed by atoms with van der Waals surface area (Å²) in [5.74, 6) is 0.594. The predicted octanol–water partition coefficient (Wildman–Crippen LogP) is 5.90. The molecule has 2 aliphatic heterocycles. The van der Waals surface area contributed by atoms with Gasteiger partial charge < -0.3 is 24.8 Å². The summed E-state index contributed by atoms with van der Waals surface area (Å²) in [5, 5.41) is 15.5. The molecule has 3 heterocycles. The molecule has 49 heavy (non-hydrogen) atoms. The Morgan fingerprint density at radius 3 is 2.59 bits per heavy atom. The lowest BCUT2D eigenvalue weighted by atomic mass is 9.43. The smallest absolute Gasteiger partial charge is 0.404 e. The molecule has 2 aromatic rings. The third-order valence-corrected chi connectivity index (χ3v) is 12.4. The van der Waals surface area contributed by atoms with Crippen molar-refractivity contribution >= 4 is 24.6 Å². The maximum absolute atomic E-state index is 14.6. The number of carbonyl (C=O) groups excluding carboxylic acids is 2. The van der Waals surface area contributed by atoms with E-state index in [0.717, 1.165) is 48.9 Å². The third kappa shape index (κ3) is 6.35. The molecule has 1 aromatic heterocycles. The Kier molecular flexibility index (Phi) is 9.00. The van der Waals surface area contributed by atoms with Crippen molar-refractivity contribution in [1.82, 2.24) is 20.4 Å². The zero-order valence-corrected chi connectivity index (χ0v) is 30.4. The van der Waals surface area contributed by atoms with Crippen LogP contribution < -0.4 is 10.6 Å². The average molecular weight is 672 g/mol. The Hall–Kier alpha value is -3.18. The van der Waals surface area contributed by atoms with Crippen LogP contribution in [0.5, 0.6) is 0 Å². The monoisotopic (exact) mass is 671 g/mol. The van der Waals surface area contributed by atoms with Crippen molar-refractivity contribution < 1.29 is 23.7 Å². The van der Waals surface area contributed by atoms with Gasteiger partial charge >= 0.3 is 7.12 Å².